The monoisotopic (exact) mass is 374 g/mol. The molecule has 1 amide bonds. The van der Waals surface area contributed by atoms with E-state index in [0.29, 0.717) is 0 Å². The minimum Gasteiger partial charge on any atom is -0.336 e. The van der Waals surface area contributed by atoms with Crippen LogP contribution in [-0.4, -0.2) is 57.0 Å². The molecular formula is C21H22N6O. The van der Waals surface area contributed by atoms with Crippen LogP contribution in [0.1, 0.15) is 21.6 Å². The molecule has 0 spiro atoms. The summed E-state index contributed by atoms with van der Waals surface area (Å²) in [7, 11) is 1.95. The number of nitrogens with one attached hydrogen (secondary N) is 2. The van der Waals surface area contributed by atoms with Crippen LogP contribution in [-0.2, 0) is 13.5 Å². The number of aromatic amines is 1. The van der Waals surface area contributed by atoms with Gasteiger partial charge in [0, 0.05) is 61.7 Å². The Balaban J connectivity index is 1.46. The van der Waals surface area contributed by atoms with E-state index in [1.165, 1.54) is 5.56 Å². The Labute approximate surface area is 162 Å². The van der Waals surface area contributed by atoms with Crippen molar-refractivity contribution >= 4 is 27.7 Å². The van der Waals surface area contributed by atoms with Crippen molar-refractivity contribution in [2.24, 2.45) is 7.05 Å². The molecule has 1 saturated heterocycles. The fourth-order valence-electron chi connectivity index (χ4n) is 3.91. The molecule has 1 aliphatic heterocycles. The number of H-pyrrole nitrogens is 1. The minimum atomic E-state index is 0.0901. The third-order valence-electron chi connectivity index (χ3n) is 5.48. The predicted molar refractivity (Wildman–Crippen MR) is 108 cm³/mol. The van der Waals surface area contributed by atoms with E-state index in [9.17, 15) is 4.79 Å². The number of hydrogen-bond acceptors (Lipinski definition) is 4. The summed E-state index contributed by atoms with van der Waals surface area (Å²) in [4.78, 5) is 14.8. The first-order valence-corrected chi connectivity index (χ1v) is 9.57. The van der Waals surface area contributed by atoms with E-state index in [1.807, 2.05) is 41.0 Å². The lowest BCUT2D eigenvalue weighted by Gasteiger charge is -2.27. The van der Waals surface area contributed by atoms with Gasteiger partial charge in [-0.3, -0.25) is 14.6 Å². The number of fused-ring (bicyclic) bond motifs is 2. The van der Waals surface area contributed by atoms with Crippen molar-refractivity contribution in [1.82, 2.24) is 30.2 Å². The fourth-order valence-corrected chi connectivity index (χ4v) is 3.91. The topological polar surface area (TPSA) is 78.8 Å². The molecule has 7 nitrogen and oxygen atoms in total. The van der Waals surface area contributed by atoms with Gasteiger partial charge in [-0.1, -0.05) is 6.07 Å². The summed E-state index contributed by atoms with van der Waals surface area (Å²) in [6.45, 7) is 3.20. The first-order chi connectivity index (χ1) is 13.7. The van der Waals surface area contributed by atoms with Crippen molar-refractivity contribution in [3.05, 3.63) is 59.4 Å². The van der Waals surface area contributed by atoms with Gasteiger partial charge in [0.1, 0.15) is 0 Å². The van der Waals surface area contributed by atoms with Crippen LogP contribution in [0.3, 0.4) is 0 Å². The molecular weight excluding hydrogens is 352 g/mol. The summed E-state index contributed by atoms with van der Waals surface area (Å²) in [6.07, 6.45) is 2.61. The number of amides is 1. The molecule has 2 aromatic carbocycles. The van der Waals surface area contributed by atoms with Gasteiger partial charge in [0.05, 0.1) is 17.2 Å². The Morgan fingerprint density at radius 3 is 2.86 bits per heavy atom. The molecule has 2 aromatic heterocycles. The Kier molecular flexibility index (Phi) is 4.09. The number of piperazine rings is 1. The molecule has 7 heteroatoms. The lowest BCUT2D eigenvalue weighted by Crippen LogP contribution is -2.46. The van der Waals surface area contributed by atoms with Gasteiger partial charge < -0.3 is 10.2 Å². The largest absolute Gasteiger partial charge is 0.336 e. The van der Waals surface area contributed by atoms with Gasteiger partial charge in [0.2, 0.25) is 0 Å². The highest BCUT2D eigenvalue weighted by atomic mass is 16.2. The molecule has 0 unspecified atom stereocenters. The quantitative estimate of drug-likeness (QED) is 0.576. The van der Waals surface area contributed by atoms with Crippen LogP contribution in [0.15, 0.2) is 42.6 Å². The molecule has 4 aromatic rings. The molecule has 142 valence electrons. The van der Waals surface area contributed by atoms with Crippen molar-refractivity contribution in [3.63, 3.8) is 0 Å². The fraction of sp³-hybridized carbons (Fsp3) is 0.286. The van der Waals surface area contributed by atoms with Crippen LogP contribution in [0.4, 0.5) is 0 Å². The lowest BCUT2D eigenvalue weighted by atomic mass is 10.0. The maximum Gasteiger partial charge on any atom is 0.253 e. The smallest absolute Gasteiger partial charge is 0.253 e. The maximum absolute atomic E-state index is 12.8. The SMILES string of the molecule is Cn1ncc2cc(Cc3[nH]nc4ccc(C(=O)N5CCNCC5)cc34)ccc21. The number of benzene rings is 2. The van der Waals surface area contributed by atoms with Crippen molar-refractivity contribution in [1.29, 1.82) is 0 Å². The summed E-state index contributed by atoms with van der Waals surface area (Å²) >= 11 is 0. The summed E-state index contributed by atoms with van der Waals surface area (Å²) in [5.41, 5.74) is 4.93. The average molecular weight is 374 g/mol. The number of aryl methyl sites for hydroxylation is 1. The van der Waals surface area contributed by atoms with Gasteiger partial charge >= 0.3 is 0 Å². The van der Waals surface area contributed by atoms with Gasteiger partial charge in [-0.15, -0.1) is 0 Å². The Hall–Kier alpha value is -3.19. The van der Waals surface area contributed by atoms with Gasteiger partial charge in [0.15, 0.2) is 0 Å². The molecule has 5 rings (SSSR count). The Bertz CT molecular complexity index is 1170. The van der Waals surface area contributed by atoms with Gasteiger partial charge in [0.25, 0.3) is 5.91 Å². The Morgan fingerprint density at radius 2 is 2.00 bits per heavy atom. The summed E-state index contributed by atoms with van der Waals surface area (Å²) < 4.78 is 1.87. The third kappa shape index (κ3) is 2.93. The van der Waals surface area contributed by atoms with Crippen LogP contribution in [0.25, 0.3) is 21.8 Å². The van der Waals surface area contributed by atoms with Gasteiger partial charge in [-0.2, -0.15) is 10.2 Å². The molecule has 1 aliphatic rings. The van der Waals surface area contributed by atoms with Crippen molar-refractivity contribution in [2.75, 3.05) is 26.2 Å². The molecule has 3 heterocycles. The molecule has 0 saturated carbocycles. The highest BCUT2D eigenvalue weighted by Gasteiger charge is 2.19. The molecule has 0 radical (unpaired) electrons. The average Bonchev–Trinajstić information content (AvgIpc) is 3.31. The molecule has 0 atom stereocenters. The van der Waals surface area contributed by atoms with E-state index in [1.54, 1.807) is 0 Å². The highest BCUT2D eigenvalue weighted by Crippen LogP contribution is 2.23. The first-order valence-electron chi connectivity index (χ1n) is 9.57. The van der Waals surface area contributed by atoms with Crippen LogP contribution in [0, 0.1) is 0 Å². The van der Waals surface area contributed by atoms with Crippen LogP contribution in [0.2, 0.25) is 0 Å². The summed E-state index contributed by atoms with van der Waals surface area (Å²) in [6, 6.07) is 12.1. The number of aromatic nitrogens is 4. The molecule has 0 bridgehead atoms. The highest BCUT2D eigenvalue weighted by molar-refractivity contribution is 5.98. The predicted octanol–water partition coefficient (Wildman–Crippen LogP) is 2.09. The van der Waals surface area contributed by atoms with Crippen molar-refractivity contribution in [3.8, 4) is 0 Å². The van der Waals surface area contributed by atoms with E-state index in [4.69, 9.17) is 0 Å². The number of carbonyl (C=O) groups is 1. The standard InChI is InChI=1S/C21H22N6O/c1-26-20-5-2-14(10-16(20)13-23-26)11-19-17-12-15(3-4-18(17)24-25-19)21(28)27-8-6-22-7-9-27/h2-5,10,12-13,22H,6-9,11H2,1H3,(H,24,25). The zero-order valence-corrected chi connectivity index (χ0v) is 15.8. The van der Waals surface area contributed by atoms with Crippen molar-refractivity contribution in [2.45, 2.75) is 6.42 Å². The number of rotatable bonds is 3. The summed E-state index contributed by atoms with van der Waals surface area (Å²) in [5.74, 6) is 0.0901. The second-order valence-corrected chi connectivity index (χ2v) is 7.31. The van der Waals surface area contributed by atoms with E-state index in [0.717, 1.165) is 65.7 Å². The second kappa shape index (κ2) is 6.76. The van der Waals surface area contributed by atoms with Gasteiger partial charge in [-0.05, 0) is 35.9 Å². The van der Waals surface area contributed by atoms with Crippen LogP contribution < -0.4 is 5.32 Å². The second-order valence-electron chi connectivity index (χ2n) is 7.31. The molecule has 1 fully saturated rings. The Morgan fingerprint density at radius 1 is 1.14 bits per heavy atom. The van der Waals surface area contributed by atoms with Gasteiger partial charge in [-0.25, -0.2) is 0 Å². The maximum atomic E-state index is 12.8. The van der Waals surface area contributed by atoms with E-state index in [2.05, 4.69) is 38.8 Å². The number of nitrogens with zero attached hydrogens (tertiary/aromatic N) is 4. The van der Waals surface area contributed by atoms with E-state index in [-0.39, 0.29) is 5.91 Å². The van der Waals surface area contributed by atoms with Crippen LogP contribution in [0.5, 0.6) is 0 Å². The third-order valence-corrected chi connectivity index (χ3v) is 5.48. The van der Waals surface area contributed by atoms with E-state index < -0.39 is 0 Å². The van der Waals surface area contributed by atoms with Crippen molar-refractivity contribution < 1.29 is 4.79 Å². The first kappa shape index (κ1) is 16.9. The zero-order chi connectivity index (χ0) is 19.1. The van der Waals surface area contributed by atoms with Crippen LogP contribution >= 0.6 is 0 Å². The zero-order valence-electron chi connectivity index (χ0n) is 15.8. The number of hydrogen-bond donors (Lipinski definition) is 2. The number of carbonyl (C=O) groups excluding carboxylic acids is 1. The van der Waals surface area contributed by atoms with E-state index >= 15 is 0 Å². The lowest BCUT2D eigenvalue weighted by molar-refractivity contribution is 0.0736. The molecule has 2 N–H and O–H groups in total. The minimum absolute atomic E-state index is 0.0901. The summed E-state index contributed by atoms with van der Waals surface area (Å²) in [5, 5.41) is 17.3. The normalized spacial score (nSPS) is 14.8. The molecule has 28 heavy (non-hydrogen) atoms. The molecule has 0 aliphatic carbocycles.